The highest BCUT2D eigenvalue weighted by atomic mass is 35.5. The molecule has 1 heterocycles. The summed E-state index contributed by atoms with van der Waals surface area (Å²) in [6.07, 6.45) is 2.64. The molecule has 0 radical (unpaired) electrons. The molecule has 114 valence electrons. The molecule has 0 fully saturated rings. The highest BCUT2D eigenvalue weighted by molar-refractivity contribution is 6.30. The van der Waals surface area contributed by atoms with Crippen molar-refractivity contribution in [3.8, 4) is 0 Å². The molecule has 1 N–H and O–H groups in total. The van der Waals surface area contributed by atoms with Crippen LogP contribution in [0.15, 0.2) is 30.6 Å². The van der Waals surface area contributed by atoms with Crippen LogP contribution < -0.4 is 5.32 Å². The monoisotopic (exact) mass is 323 g/mol. The first-order chi connectivity index (χ1) is 10.5. The molecule has 0 saturated carbocycles. The Morgan fingerprint density at radius 2 is 2.09 bits per heavy atom. The van der Waals surface area contributed by atoms with Crippen molar-refractivity contribution in [2.45, 2.75) is 6.92 Å². The minimum Gasteiger partial charge on any atom is -0.451 e. The van der Waals surface area contributed by atoms with Crippen LogP contribution >= 0.6 is 11.6 Å². The third kappa shape index (κ3) is 4.23. The number of nitrogens with zero attached hydrogens (tertiary/aromatic N) is 2. The molecule has 0 unspecified atom stereocenters. The Hall–Kier alpha value is -2.54. The van der Waals surface area contributed by atoms with Crippen LogP contribution in [0.3, 0.4) is 0 Å². The molecule has 0 aliphatic rings. The second-order valence-corrected chi connectivity index (χ2v) is 4.73. The standard InChI is InChI=1S/C14H11ClFN3O3/c1-8-5-18-12(6-17-8)14(21)22-7-13(20)19-11-4-9(15)2-3-10(11)16/h2-6H,7H2,1H3,(H,19,20). The van der Waals surface area contributed by atoms with E-state index in [1.807, 2.05) is 0 Å². The molecule has 0 aliphatic heterocycles. The number of ether oxygens (including phenoxy) is 1. The normalized spacial score (nSPS) is 10.1. The lowest BCUT2D eigenvalue weighted by molar-refractivity contribution is -0.119. The maximum Gasteiger partial charge on any atom is 0.359 e. The van der Waals surface area contributed by atoms with Crippen molar-refractivity contribution in [3.63, 3.8) is 0 Å². The topological polar surface area (TPSA) is 81.2 Å². The first kappa shape index (κ1) is 15.8. The van der Waals surface area contributed by atoms with Gasteiger partial charge in [0.1, 0.15) is 5.82 Å². The molecule has 0 spiro atoms. The SMILES string of the molecule is Cc1cnc(C(=O)OCC(=O)Nc2cc(Cl)ccc2F)cn1. The number of rotatable bonds is 4. The van der Waals surface area contributed by atoms with Crippen LogP contribution in [0.2, 0.25) is 5.02 Å². The number of anilines is 1. The molecule has 8 heteroatoms. The second-order valence-electron chi connectivity index (χ2n) is 4.29. The number of nitrogens with one attached hydrogen (secondary N) is 1. The smallest absolute Gasteiger partial charge is 0.359 e. The summed E-state index contributed by atoms with van der Waals surface area (Å²) < 4.78 is 18.2. The molecule has 1 amide bonds. The van der Waals surface area contributed by atoms with E-state index < -0.39 is 24.3 Å². The number of hydrogen-bond acceptors (Lipinski definition) is 5. The average Bonchev–Trinajstić information content (AvgIpc) is 2.49. The molecule has 22 heavy (non-hydrogen) atoms. The van der Waals surface area contributed by atoms with E-state index in [-0.39, 0.29) is 16.4 Å². The quantitative estimate of drug-likeness (QED) is 0.874. The largest absolute Gasteiger partial charge is 0.451 e. The molecular weight excluding hydrogens is 313 g/mol. The highest BCUT2D eigenvalue weighted by Gasteiger charge is 2.13. The Morgan fingerprint density at radius 1 is 1.32 bits per heavy atom. The van der Waals surface area contributed by atoms with Gasteiger partial charge in [0.25, 0.3) is 5.91 Å². The second kappa shape index (κ2) is 6.95. The summed E-state index contributed by atoms with van der Waals surface area (Å²) in [5, 5.41) is 2.52. The predicted octanol–water partition coefficient (Wildman–Crippen LogP) is 2.37. The number of halogens is 2. The number of aromatic nitrogens is 2. The summed E-state index contributed by atoms with van der Waals surface area (Å²) in [7, 11) is 0. The van der Waals surface area contributed by atoms with Crippen LogP contribution in [-0.2, 0) is 9.53 Å². The van der Waals surface area contributed by atoms with Crippen LogP contribution in [0.4, 0.5) is 10.1 Å². The summed E-state index contributed by atoms with van der Waals surface area (Å²) in [6, 6.07) is 3.72. The Kier molecular flexibility index (Phi) is 5.00. The fraction of sp³-hybridized carbons (Fsp3) is 0.143. The van der Waals surface area contributed by atoms with Gasteiger partial charge in [0, 0.05) is 11.2 Å². The van der Waals surface area contributed by atoms with E-state index in [1.165, 1.54) is 24.5 Å². The summed E-state index contributed by atoms with van der Waals surface area (Å²) in [5.41, 5.74) is 0.529. The molecule has 0 aliphatic carbocycles. The molecule has 6 nitrogen and oxygen atoms in total. The lowest BCUT2D eigenvalue weighted by atomic mass is 10.3. The van der Waals surface area contributed by atoms with Crippen LogP contribution in [-0.4, -0.2) is 28.5 Å². The van der Waals surface area contributed by atoms with Gasteiger partial charge in [0.05, 0.1) is 17.6 Å². The molecule has 2 rings (SSSR count). The predicted molar refractivity (Wildman–Crippen MR) is 77.1 cm³/mol. The van der Waals surface area contributed by atoms with E-state index >= 15 is 0 Å². The van der Waals surface area contributed by atoms with Gasteiger partial charge in [-0.1, -0.05) is 11.6 Å². The van der Waals surface area contributed by atoms with Gasteiger partial charge in [-0.2, -0.15) is 0 Å². The van der Waals surface area contributed by atoms with Crippen molar-refractivity contribution >= 4 is 29.2 Å². The third-order valence-electron chi connectivity index (χ3n) is 2.53. The molecule has 1 aromatic carbocycles. The van der Waals surface area contributed by atoms with Gasteiger partial charge in [0.2, 0.25) is 0 Å². The third-order valence-corrected chi connectivity index (χ3v) is 2.76. The van der Waals surface area contributed by atoms with E-state index in [2.05, 4.69) is 15.3 Å². The van der Waals surface area contributed by atoms with Crippen LogP contribution in [0, 0.1) is 12.7 Å². The fourth-order valence-electron chi connectivity index (χ4n) is 1.48. The average molecular weight is 324 g/mol. The number of carbonyl (C=O) groups is 2. The van der Waals surface area contributed by atoms with Crippen molar-refractivity contribution in [2.75, 3.05) is 11.9 Å². The fourth-order valence-corrected chi connectivity index (χ4v) is 1.65. The molecule has 0 saturated heterocycles. The maximum absolute atomic E-state index is 13.4. The van der Waals surface area contributed by atoms with E-state index in [0.29, 0.717) is 5.69 Å². The number of carbonyl (C=O) groups excluding carboxylic acids is 2. The maximum atomic E-state index is 13.4. The minimum absolute atomic E-state index is 0.0210. The Morgan fingerprint density at radius 3 is 2.77 bits per heavy atom. The van der Waals surface area contributed by atoms with E-state index in [1.54, 1.807) is 6.92 Å². The molecular formula is C14H11ClFN3O3. The van der Waals surface area contributed by atoms with Gasteiger partial charge >= 0.3 is 5.97 Å². The summed E-state index contributed by atoms with van der Waals surface area (Å²) in [5.74, 6) is -2.14. The Labute approximate surface area is 130 Å². The number of esters is 1. The van der Waals surface area contributed by atoms with Gasteiger partial charge < -0.3 is 10.1 Å². The lowest BCUT2D eigenvalue weighted by Gasteiger charge is -2.07. The first-order valence-corrected chi connectivity index (χ1v) is 6.54. The van der Waals surface area contributed by atoms with Gasteiger partial charge in [-0.05, 0) is 25.1 Å². The van der Waals surface area contributed by atoms with Crippen LogP contribution in [0.5, 0.6) is 0 Å². The molecule has 0 bridgehead atoms. The van der Waals surface area contributed by atoms with Gasteiger partial charge in [0.15, 0.2) is 12.3 Å². The Bertz CT molecular complexity index is 707. The zero-order valence-electron chi connectivity index (χ0n) is 11.5. The zero-order valence-corrected chi connectivity index (χ0v) is 12.2. The van der Waals surface area contributed by atoms with Crippen LogP contribution in [0.1, 0.15) is 16.2 Å². The molecule has 2 aromatic rings. The number of hydrogen-bond donors (Lipinski definition) is 1. The minimum atomic E-state index is -0.797. The van der Waals surface area contributed by atoms with Crippen molar-refractivity contribution in [3.05, 3.63) is 52.8 Å². The lowest BCUT2D eigenvalue weighted by Crippen LogP contribution is -2.22. The van der Waals surface area contributed by atoms with Gasteiger partial charge in [-0.3, -0.25) is 9.78 Å². The van der Waals surface area contributed by atoms with E-state index in [4.69, 9.17) is 16.3 Å². The van der Waals surface area contributed by atoms with Crippen molar-refractivity contribution < 1.29 is 18.7 Å². The van der Waals surface area contributed by atoms with Gasteiger partial charge in [-0.15, -0.1) is 0 Å². The van der Waals surface area contributed by atoms with Crippen molar-refractivity contribution in [2.24, 2.45) is 0 Å². The highest BCUT2D eigenvalue weighted by Crippen LogP contribution is 2.19. The summed E-state index contributed by atoms with van der Waals surface area (Å²) in [4.78, 5) is 31.0. The van der Waals surface area contributed by atoms with Crippen molar-refractivity contribution in [1.82, 2.24) is 9.97 Å². The Balaban J connectivity index is 1.91. The van der Waals surface area contributed by atoms with Crippen molar-refractivity contribution in [1.29, 1.82) is 0 Å². The summed E-state index contributed by atoms with van der Waals surface area (Å²) in [6.45, 7) is 1.13. The number of amides is 1. The number of aryl methyl sites for hydroxylation is 1. The molecule has 0 atom stereocenters. The molecule has 1 aromatic heterocycles. The first-order valence-electron chi connectivity index (χ1n) is 6.16. The van der Waals surface area contributed by atoms with E-state index in [0.717, 1.165) is 6.07 Å². The zero-order chi connectivity index (χ0) is 16.1. The van der Waals surface area contributed by atoms with E-state index in [9.17, 15) is 14.0 Å². The number of benzene rings is 1. The van der Waals surface area contributed by atoms with Crippen LogP contribution in [0.25, 0.3) is 0 Å². The summed E-state index contributed by atoms with van der Waals surface area (Å²) >= 11 is 5.70. The van der Waals surface area contributed by atoms with Gasteiger partial charge in [-0.25, -0.2) is 14.2 Å².